The van der Waals surface area contributed by atoms with Crippen LogP contribution in [0.3, 0.4) is 0 Å². The summed E-state index contributed by atoms with van der Waals surface area (Å²) in [7, 11) is 0. The van der Waals surface area contributed by atoms with Crippen molar-refractivity contribution in [3.8, 4) is 11.3 Å². The molecule has 0 fully saturated rings. The molecule has 0 saturated carbocycles. The van der Waals surface area contributed by atoms with E-state index in [2.05, 4.69) is 4.98 Å². The van der Waals surface area contributed by atoms with Crippen molar-refractivity contribution < 1.29 is 5.21 Å². The van der Waals surface area contributed by atoms with Gasteiger partial charge in [-0.05, 0) is 24.3 Å². The summed E-state index contributed by atoms with van der Waals surface area (Å²) in [5.41, 5.74) is 2.93. The maximum atomic E-state index is 10.7. The van der Waals surface area contributed by atoms with Gasteiger partial charge in [0.2, 0.25) is 0 Å². The van der Waals surface area contributed by atoms with Crippen LogP contribution in [0.4, 0.5) is 5.69 Å². The first-order valence-electron chi connectivity index (χ1n) is 5.44. The predicted octanol–water partition coefficient (Wildman–Crippen LogP) is 2.69. The third-order valence-electron chi connectivity index (χ3n) is 2.80. The average Bonchev–Trinajstić information content (AvgIpc) is 2.82. The molecule has 1 aromatic carbocycles. The molecule has 0 spiro atoms. The fourth-order valence-electron chi connectivity index (χ4n) is 1.91. The summed E-state index contributed by atoms with van der Waals surface area (Å²) in [6, 6.07) is 12.4. The fourth-order valence-corrected chi connectivity index (χ4v) is 1.91. The van der Waals surface area contributed by atoms with Crippen molar-refractivity contribution in [2.45, 2.75) is 0 Å². The summed E-state index contributed by atoms with van der Waals surface area (Å²) in [6.07, 6.45) is 3.70. The molecule has 5 nitrogen and oxygen atoms in total. The Kier molecular flexibility index (Phi) is 2.47. The summed E-state index contributed by atoms with van der Waals surface area (Å²) < 4.78 is 1.96. The van der Waals surface area contributed by atoms with Crippen LogP contribution in [0.2, 0.25) is 0 Å². The lowest BCUT2D eigenvalue weighted by Gasteiger charge is -2.21. The van der Waals surface area contributed by atoms with Crippen LogP contribution in [-0.2, 0) is 0 Å². The zero-order valence-corrected chi connectivity index (χ0v) is 9.39. The van der Waals surface area contributed by atoms with Gasteiger partial charge < -0.3 is 10.4 Å². The normalized spacial score (nSPS) is 10.8. The largest absolute Gasteiger partial charge is 0.733 e. The third-order valence-corrected chi connectivity index (χ3v) is 2.80. The van der Waals surface area contributed by atoms with Gasteiger partial charge in [0.05, 0.1) is 17.6 Å². The van der Waals surface area contributed by atoms with Gasteiger partial charge in [-0.25, -0.2) is 4.98 Å². The molecule has 2 heterocycles. The Hall–Kier alpha value is -2.37. The lowest BCUT2D eigenvalue weighted by atomic mass is 10.1. The van der Waals surface area contributed by atoms with E-state index < -0.39 is 0 Å². The maximum absolute atomic E-state index is 10.7. The molecule has 0 aliphatic heterocycles. The summed E-state index contributed by atoms with van der Waals surface area (Å²) in [5.74, 6) is 0. The third kappa shape index (κ3) is 1.71. The highest BCUT2D eigenvalue weighted by atomic mass is 16.8. The zero-order valence-electron chi connectivity index (χ0n) is 9.39. The second-order valence-corrected chi connectivity index (χ2v) is 3.89. The summed E-state index contributed by atoms with van der Waals surface area (Å²) in [6.45, 7) is 0. The minimum Gasteiger partial charge on any atom is -0.733 e. The van der Waals surface area contributed by atoms with Crippen LogP contribution in [0.1, 0.15) is 0 Å². The molecule has 90 valence electrons. The van der Waals surface area contributed by atoms with Crippen LogP contribution in [0.25, 0.3) is 16.9 Å². The molecule has 0 bridgehead atoms. The van der Waals surface area contributed by atoms with E-state index >= 15 is 0 Å². The number of benzene rings is 1. The van der Waals surface area contributed by atoms with Crippen molar-refractivity contribution in [1.29, 1.82) is 0 Å². The molecule has 2 aromatic heterocycles. The topological polar surface area (TPSA) is 63.8 Å². The first kappa shape index (κ1) is 10.8. The number of hydrogen-bond acceptors (Lipinski definition) is 4. The maximum Gasteiger partial charge on any atom is 0.137 e. The lowest BCUT2D eigenvalue weighted by Crippen LogP contribution is -2.06. The van der Waals surface area contributed by atoms with Gasteiger partial charge in [0.1, 0.15) is 5.65 Å². The van der Waals surface area contributed by atoms with Crippen LogP contribution in [0, 0.1) is 5.21 Å². The van der Waals surface area contributed by atoms with Crippen LogP contribution in [0.15, 0.2) is 54.9 Å². The quantitative estimate of drug-likeness (QED) is 0.699. The van der Waals surface area contributed by atoms with E-state index in [1.165, 1.54) is 0 Å². The van der Waals surface area contributed by atoms with Gasteiger partial charge in [-0.15, -0.1) is 0 Å². The van der Waals surface area contributed by atoms with Crippen molar-refractivity contribution in [2.24, 2.45) is 0 Å². The smallest absolute Gasteiger partial charge is 0.137 e. The standard InChI is InChI=1S/C13H10N3O2/c17-16(18)11-6-4-10(5-7-11)12-9-14-13-3-1-2-8-15(12)13/h1-9,17H/q-1. The second-order valence-electron chi connectivity index (χ2n) is 3.89. The fraction of sp³-hybridized carbons (Fsp3) is 0. The Bertz CT molecular complexity index is 674. The second kappa shape index (κ2) is 4.14. The SMILES string of the molecule is [O-]N(O)c1ccc(-c2cnc3ccccn23)cc1. The van der Waals surface area contributed by atoms with E-state index in [4.69, 9.17) is 5.21 Å². The molecule has 0 atom stereocenters. The number of imidazole rings is 1. The van der Waals surface area contributed by atoms with E-state index in [1.807, 2.05) is 28.8 Å². The molecule has 1 N–H and O–H groups in total. The molecule has 0 aliphatic carbocycles. The Labute approximate surface area is 103 Å². The minimum absolute atomic E-state index is 0.154. The summed E-state index contributed by atoms with van der Waals surface area (Å²) in [4.78, 5) is 4.29. The number of aromatic nitrogens is 2. The van der Waals surface area contributed by atoms with E-state index in [9.17, 15) is 5.21 Å². The van der Waals surface area contributed by atoms with Gasteiger partial charge >= 0.3 is 0 Å². The van der Waals surface area contributed by atoms with Crippen molar-refractivity contribution in [2.75, 3.05) is 5.23 Å². The van der Waals surface area contributed by atoms with Gasteiger partial charge in [-0.1, -0.05) is 18.2 Å². The molecule has 0 unspecified atom stereocenters. The monoisotopic (exact) mass is 240 g/mol. The first-order chi connectivity index (χ1) is 8.75. The Morgan fingerprint density at radius 2 is 1.89 bits per heavy atom. The van der Waals surface area contributed by atoms with Crippen LogP contribution < -0.4 is 5.23 Å². The highest BCUT2D eigenvalue weighted by molar-refractivity contribution is 5.66. The predicted molar refractivity (Wildman–Crippen MR) is 68.3 cm³/mol. The molecule has 0 amide bonds. The molecule has 5 heteroatoms. The molecule has 3 rings (SSSR count). The number of rotatable bonds is 2. The van der Waals surface area contributed by atoms with Gasteiger partial charge in [0.25, 0.3) is 0 Å². The van der Waals surface area contributed by atoms with Crippen molar-refractivity contribution >= 4 is 11.3 Å². The van der Waals surface area contributed by atoms with Crippen molar-refractivity contribution in [3.05, 3.63) is 60.1 Å². The van der Waals surface area contributed by atoms with Crippen LogP contribution in [0.5, 0.6) is 0 Å². The molecule has 0 radical (unpaired) electrons. The summed E-state index contributed by atoms with van der Waals surface area (Å²) in [5, 5.41) is 19.3. The number of pyridine rings is 1. The summed E-state index contributed by atoms with van der Waals surface area (Å²) >= 11 is 0. The van der Waals surface area contributed by atoms with Crippen LogP contribution >= 0.6 is 0 Å². The molecule has 0 aliphatic rings. The number of hydrogen-bond donors (Lipinski definition) is 1. The first-order valence-corrected chi connectivity index (χ1v) is 5.44. The molecule has 3 aromatic rings. The Morgan fingerprint density at radius 1 is 1.11 bits per heavy atom. The molecule has 0 saturated heterocycles. The van der Waals surface area contributed by atoms with E-state index in [1.54, 1.807) is 30.5 Å². The highest BCUT2D eigenvalue weighted by Crippen LogP contribution is 2.23. The number of nitrogens with zero attached hydrogens (tertiary/aromatic N) is 3. The molecular weight excluding hydrogens is 230 g/mol. The average molecular weight is 240 g/mol. The molecule has 18 heavy (non-hydrogen) atoms. The van der Waals surface area contributed by atoms with Gasteiger partial charge in [0, 0.05) is 11.8 Å². The highest BCUT2D eigenvalue weighted by Gasteiger charge is 2.04. The zero-order chi connectivity index (χ0) is 12.5. The van der Waals surface area contributed by atoms with Gasteiger partial charge in [-0.2, -0.15) is 0 Å². The van der Waals surface area contributed by atoms with Crippen molar-refractivity contribution in [3.63, 3.8) is 0 Å². The van der Waals surface area contributed by atoms with E-state index in [-0.39, 0.29) is 10.9 Å². The van der Waals surface area contributed by atoms with Gasteiger partial charge in [-0.3, -0.25) is 9.61 Å². The number of anilines is 1. The molecular formula is C13H10N3O2-. The number of fused-ring (bicyclic) bond motifs is 1. The van der Waals surface area contributed by atoms with E-state index in [0.717, 1.165) is 16.9 Å². The Morgan fingerprint density at radius 3 is 2.61 bits per heavy atom. The van der Waals surface area contributed by atoms with Crippen LogP contribution in [-0.4, -0.2) is 14.6 Å². The van der Waals surface area contributed by atoms with Gasteiger partial charge in [0.15, 0.2) is 0 Å². The lowest BCUT2D eigenvalue weighted by molar-refractivity contribution is 0.296. The van der Waals surface area contributed by atoms with Crippen molar-refractivity contribution in [1.82, 2.24) is 9.38 Å². The Balaban J connectivity index is 2.09. The van der Waals surface area contributed by atoms with E-state index in [0.29, 0.717) is 0 Å². The minimum atomic E-state index is -0.154.